The summed E-state index contributed by atoms with van der Waals surface area (Å²) in [6.45, 7) is 5.14. The molecule has 0 saturated heterocycles. The maximum atomic E-state index is 12.5. The van der Waals surface area contributed by atoms with Gasteiger partial charge in [0, 0.05) is 5.56 Å². The number of benzene rings is 2. The summed E-state index contributed by atoms with van der Waals surface area (Å²) >= 11 is 0. The summed E-state index contributed by atoms with van der Waals surface area (Å²) in [5.41, 5.74) is 3.62. The predicted octanol–water partition coefficient (Wildman–Crippen LogP) is 8.05. The van der Waals surface area contributed by atoms with E-state index in [9.17, 15) is 4.79 Å². The number of aryl methyl sites for hydroxylation is 1. The van der Waals surface area contributed by atoms with Gasteiger partial charge in [-0.1, -0.05) is 64.5 Å². The van der Waals surface area contributed by atoms with Crippen molar-refractivity contribution >= 4 is 5.97 Å². The third-order valence-electron chi connectivity index (χ3n) is 5.87. The largest absolute Gasteiger partial charge is 0.492 e. The lowest BCUT2D eigenvalue weighted by Gasteiger charge is -2.08. The van der Waals surface area contributed by atoms with Gasteiger partial charge in [-0.3, -0.25) is 4.98 Å². The fourth-order valence-electron chi connectivity index (χ4n) is 3.76. The lowest BCUT2D eigenvalue weighted by Crippen LogP contribution is -2.08. The number of rotatable bonds is 14. The van der Waals surface area contributed by atoms with Crippen molar-refractivity contribution in [3.05, 3.63) is 78.0 Å². The van der Waals surface area contributed by atoms with Gasteiger partial charge in [-0.25, -0.2) is 4.79 Å². The highest BCUT2D eigenvalue weighted by atomic mass is 16.5. The second kappa shape index (κ2) is 14.2. The van der Waals surface area contributed by atoms with Crippen molar-refractivity contribution in [1.29, 1.82) is 0 Å². The number of hydrogen-bond acceptors (Lipinski definition) is 4. The molecule has 3 aromatic rings. The summed E-state index contributed by atoms with van der Waals surface area (Å²) in [4.78, 5) is 17.0. The number of unbranched alkanes of at least 4 members (excludes halogenated alkanes) is 6. The maximum Gasteiger partial charge on any atom is 0.343 e. The van der Waals surface area contributed by atoms with Crippen molar-refractivity contribution in [1.82, 2.24) is 4.98 Å². The molecule has 0 fully saturated rings. The Labute approximate surface area is 204 Å². The van der Waals surface area contributed by atoms with Crippen LogP contribution >= 0.6 is 0 Å². The molecule has 0 N–H and O–H groups in total. The van der Waals surface area contributed by atoms with E-state index in [1.54, 1.807) is 18.3 Å². The lowest BCUT2D eigenvalue weighted by atomic mass is 10.1. The average molecular weight is 460 g/mol. The van der Waals surface area contributed by atoms with E-state index in [0.29, 0.717) is 11.3 Å². The van der Waals surface area contributed by atoms with Gasteiger partial charge < -0.3 is 9.47 Å². The Morgan fingerprint density at radius 3 is 2.09 bits per heavy atom. The highest BCUT2D eigenvalue weighted by Crippen LogP contribution is 2.23. The fourth-order valence-corrected chi connectivity index (χ4v) is 3.76. The molecule has 2 aromatic carbocycles. The maximum absolute atomic E-state index is 12.5. The number of carbonyl (C=O) groups is 1. The van der Waals surface area contributed by atoms with Gasteiger partial charge in [0.2, 0.25) is 0 Å². The van der Waals surface area contributed by atoms with E-state index < -0.39 is 0 Å². The summed E-state index contributed by atoms with van der Waals surface area (Å²) in [5.74, 6) is 0.964. The van der Waals surface area contributed by atoms with Crippen molar-refractivity contribution in [2.24, 2.45) is 0 Å². The number of hydrogen-bond donors (Lipinski definition) is 0. The first-order valence-electron chi connectivity index (χ1n) is 12.7. The number of carbonyl (C=O) groups excluding carboxylic acids is 1. The summed E-state index contributed by atoms with van der Waals surface area (Å²) in [5, 5.41) is 0. The van der Waals surface area contributed by atoms with E-state index in [2.05, 4.69) is 18.8 Å². The molecule has 0 aliphatic rings. The summed E-state index contributed by atoms with van der Waals surface area (Å²) in [6.07, 6.45) is 12.6. The number of esters is 1. The van der Waals surface area contributed by atoms with E-state index in [4.69, 9.17) is 9.47 Å². The number of nitrogens with zero attached hydrogens (tertiary/aromatic N) is 1. The molecule has 0 unspecified atom stereocenters. The Morgan fingerprint density at radius 1 is 0.735 bits per heavy atom. The first kappa shape index (κ1) is 25.5. The van der Waals surface area contributed by atoms with Crippen LogP contribution in [0.2, 0.25) is 0 Å². The van der Waals surface area contributed by atoms with Crippen molar-refractivity contribution in [2.75, 3.05) is 6.61 Å². The third-order valence-corrected chi connectivity index (χ3v) is 5.87. The van der Waals surface area contributed by atoms with Gasteiger partial charge in [0.25, 0.3) is 0 Å². The molecule has 0 saturated carbocycles. The van der Waals surface area contributed by atoms with Crippen LogP contribution in [0.1, 0.15) is 81.1 Å². The predicted molar refractivity (Wildman–Crippen MR) is 139 cm³/mol. The molecule has 0 radical (unpaired) electrons. The average Bonchev–Trinajstić information content (AvgIpc) is 2.88. The second-order valence-corrected chi connectivity index (χ2v) is 8.71. The quantitative estimate of drug-likeness (QED) is 0.139. The molecule has 0 bridgehead atoms. The minimum Gasteiger partial charge on any atom is -0.492 e. The van der Waals surface area contributed by atoms with Crippen molar-refractivity contribution < 1.29 is 14.3 Å². The van der Waals surface area contributed by atoms with Crippen LogP contribution in [0.15, 0.2) is 66.9 Å². The van der Waals surface area contributed by atoms with Crippen molar-refractivity contribution in [3.63, 3.8) is 0 Å². The SMILES string of the molecule is CCCCCCCCOc1ccc(-c2ccc(OC(=O)c3ccc(CCCC)cc3)cc2)nc1. The Balaban J connectivity index is 1.46. The Kier molecular flexibility index (Phi) is 10.6. The van der Waals surface area contributed by atoms with Gasteiger partial charge in [0.1, 0.15) is 11.5 Å². The van der Waals surface area contributed by atoms with Crippen LogP contribution in [0.4, 0.5) is 0 Å². The van der Waals surface area contributed by atoms with E-state index in [0.717, 1.165) is 49.3 Å². The first-order valence-corrected chi connectivity index (χ1v) is 12.7. The van der Waals surface area contributed by atoms with Crippen LogP contribution in [0.3, 0.4) is 0 Å². The van der Waals surface area contributed by atoms with Crippen LogP contribution in [0.25, 0.3) is 11.3 Å². The van der Waals surface area contributed by atoms with E-state index in [-0.39, 0.29) is 5.97 Å². The molecule has 34 heavy (non-hydrogen) atoms. The summed E-state index contributed by atoms with van der Waals surface area (Å²) in [6, 6.07) is 19.0. The van der Waals surface area contributed by atoms with E-state index in [1.807, 2.05) is 48.5 Å². The van der Waals surface area contributed by atoms with Gasteiger partial charge in [-0.2, -0.15) is 0 Å². The second-order valence-electron chi connectivity index (χ2n) is 8.71. The normalized spacial score (nSPS) is 10.8. The van der Waals surface area contributed by atoms with Crippen LogP contribution in [-0.2, 0) is 6.42 Å². The van der Waals surface area contributed by atoms with Gasteiger partial charge >= 0.3 is 5.97 Å². The highest BCUT2D eigenvalue weighted by Gasteiger charge is 2.09. The van der Waals surface area contributed by atoms with Gasteiger partial charge in [-0.05, 0) is 73.4 Å². The molecule has 0 aliphatic heterocycles. The lowest BCUT2D eigenvalue weighted by molar-refractivity contribution is 0.0735. The zero-order valence-corrected chi connectivity index (χ0v) is 20.6. The number of pyridine rings is 1. The van der Waals surface area contributed by atoms with E-state index >= 15 is 0 Å². The van der Waals surface area contributed by atoms with Crippen molar-refractivity contribution in [2.45, 2.75) is 71.6 Å². The summed E-state index contributed by atoms with van der Waals surface area (Å²) in [7, 11) is 0. The molecule has 4 nitrogen and oxygen atoms in total. The zero-order chi connectivity index (χ0) is 24.0. The van der Waals surface area contributed by atoms with Crippen LogP contribution in [0, 0.1) is 0 Å². The van der Waals surface area contributed by atoms with Crippen molar-refractivity contribution in [3.8, 4) is 22.8 Å². The monoisotopic (exact) mass is 459 g/mol. The molecule has 1 heterocycles. The molecular formula is C30H37NO3. The van der Waals surface area contributed by atoms with Gasteiger partial charge in [0.15, 0.2) is 0 Å². The van der Waals surface area contributed by atoms with Gasteiger partial charge in [0.05, 0.1) is 24.1 Å². The van der Waals surface area contributed by atoms with Gasteiger partial charge in [-0.15, -0.1) is 0 Å². The Hall–Kier alpha value is -3.14. The number of ether oxygens (including phenoxy) is 2. The van der Waals surface area contributed by atoms with E-state index in [1.165, 1.54) is 37.7 Å². The standard InChI is InChI=1S/C30H37NO3/c1-3-5-7-8-9-10-22-33-28-20-21-29(31-23-28)25-16-18-27(19-17-25)34-30(32)26-14-12-24(13-15-26)11-6-4-2/h12-21,23H,3-11,22H2,1-2H3. The molecule has 0 atom stereocenters. The molecule has 180 valence electrons. The summed E-state index contributed by atoms with van der Waals surface area (Å²) < 4.78 is 11.4. The third kappa shape index (κ3) is 8.33. The molecule has 0 spiro atoms. The van der Waals surface area contributed by atoms with Crippen LogP contribution < -0.4 is 9.47 Å². The first-order chi connectivity index (χ1) is 16.7. The smallest absolute Gasteiger partial charge is 0.343 e. The highest BCUT2D eigenvalue weighted by molar-refractivity contribution is 5.91. The number of aromatic nitrogens is 1. The molecule has 1 aromatic heterocycles. The topological polar surface area (TPSA) is 48.4 Å². The molecule has 4 heteroatoms. The molecule has 3 rings (SSSR count). The Bertz CT molecular complexity index is 979. The molecule has 0 amide bonds. The minimum absolute atomic E-state index is 0.347. The van der Waals surface area contributed by atoms with Crippen LogP contribution in [0.5, 0.6) is 11.5 Å². The minimum atomic E-state index is -0.347. The van der Waals surface area contributed by atoms with Crippen LogP contribution in [-0.4, -0.2) is 17.6 Å². The molecular weight excluding hydrogens is 422 g/mol. The Morgan fingerprint density at radius 2 is 1.41 bits per heavy atom. The fraction of sp³-hybridized carbons (Fsp3) is 0.400. The molecule has 0 aliphatic carbocycles. The zero-order valence-electron chi connectivity index (χ0n) is 20.6.